The summed E-state index contributed by atoms with van der Waals surface area (Å²) in [5.74, 6) is 0.690. The molecule has 0 spiro atoms. The fraction of sp³-hybridized carbons (Fsp3) is 0.350. The highest BCUT2D eigenvalue weighted by molar-refractivity contribution is 5.98. The van der Waals surface area contributed by atoms with E-state index in [0.717, 1.165) is 0 Å². The van der Waals surface area contributed by atoms with Gasteiger partial charge in [0.25, 0.3) is 0 Å². The topological polar surface area (TPSA) is 94.8 Å². The first-order valence-corrected chi connectivity index (χ1v) is 8.65. The Morgan fingerprint density at radius 3 is 2.44 bits per heavy atom. The van der Waals surface area contributed by atoms with Gasteiger partial charge in [0, 0.05) is 18.4 Å². The summed E-state index contributed by atoms with van der Waals surface area (Å²) >= 11 is 0. The molecule has 0 unspecified atom stereocenters. The normalized spacial score (nSPS) is 10.3. The molecule has 0 radical (unpaired) electrons. The van der Waals surface area contributed by atoms with Gasteiger partial charge in [-0.2, -0.15) is 0 Å². The third-order valence-electron chi connectivity index (χ3n) is 3.90. The van der Waals surface area contributed by atoms with Crippen LogP contribution in [-0.2, 0) is 16.1 Å². The lowest BCUT2D eigenvalue weighted by Gasteiger charge is -2.05. The van der Waals surface area contributed by atoms with Gasteiger partial charge in [0.1, 0.15) is 22.8 Å². The zero-order chi connectivity index (χ0) is 19.8. The van der Waals surface area contributed by atoms with Crippen molar-refractivity contribution >= 4 is 17.7 Å². The number of ether oxygens (including phenoxy) is 2. The largest absolute Gasteiger partial charge is 0.494 e. The van der Waals surface area contributed by atoms with Crippen LogP contribution >= 0.6 is 0 Å². The van der Waals surface area contributed by atoms with E-state index >= 15 is 0 Å². The second kappa shape index (κ2) is 9.56. The van der Waals surface area contributed by atoms with Crippen molar-refractivity contribution in [1.29, 1.82) is 0 Å². The van der Waals surface area contributed by atoms with E-state index in [0.29, 0.717) is 35.0 Å². The van der Waals surface area contributed by atoms with Gasteiger partial charge >= 0.3 is 5.97 Å². The third-order valence-corrected chi connectivity index (χ3v) is 3.90. The fourth-order valence-corrected chi connectivity index (χ4v) is 2.49. The van der Waals surface area contributed by atoms with Gasteiger partial charge in [-0.1, -0.05) is 0 Å². The number of hydrogen-bond donors (Lipinski definition) is 1. The number of esters is 1. The van der Waals surface area contributed by atoms with Crippen LogP contribution in [0.25, 0.3) is 0 Å². The number of rotatable bonds is 9. The lowest BCUT2D eigenvalue weighted by atomic mass is 10.1. The van der Waals surface area contributed by atoms with Crippen molar-refractivity contribution < 1.29 is 28.3 Å². The summed E-state index contributed by atoms with van der Waals surface area (Å²) < 4.78 is 15.4. The molecule has 0 fully saturated rings. The summed E-state index contributed by atoms with van der Waals surface area (Å²) in [6.45, 7) is 4.22. The van der Waals surface area contributed by atoms with E-state index in [1.54, 1.807) is 31.2 Å². The molecule has 0 aliphatic carbocycles. The summed E-state index contributed by atoms with van der Waals surface area (Å²) in [4.78, 5) is 35.7. The van der Waals surface area contributed by atoms with Gasteiger partial charge in [-0.3, -0.25) is 9.59 Å². The minimum Gasteiger partial charge on any atom is -0.494 e. The second-order valence-corrected chi connectivity index (χ2v) is 5.83. The third kappa shape index (κ3) is 5.70. The van der Waals surface area contributed by atoms with Crippen LogP contribution in [0.4, 0.5) is 0 Å². The van der Waals surface area contributed by atoms with Crippen molar-refractivity contribution in [3.8, 4) is 5.75 Å². The molecule has 0 atom stereocenters. The zero-order valence-electron chi connectivity index (χ0n) is 15.7. The van der Waals surface area contributed by atoms with E-state index in [1.807, 2.05) is 6.92 Å². The number of amides is 1. The first-order valence-electron chi connectivity index (χ1n) is 8.65. The van der Waals surface area contributed by atoms with E-state index < -0.39 is 5.97 Å². The van der Waals surface area contributed by atoms with E-state index in [9.17, 15) is 14.4 Å². The Balaban J connectivity index is 1.80. The zero-order valence-corrected chi connectivity index (χ0v) is 15.7. The lowest BCUT2D eigenvalue weighted by molar-refractivity contribution is -0.121. The molecular formula is C20H23NO6. The van der Waals surface area contributed by atoms with E-state index in [-0.39, 0.29) is 31.1 Å². The molecule has 0 saturated heterocycles. The van der Waals surface area contributed by atoms with E-state index in [2.05, 4.69) is 10.1 Å². The van der Waals surface area contributed by atoms with Crippen LogP contribution in [0.15, 0.2) is 34.7 Å². The number of ketones is 1. The molecule has 0 aliphatic rings. The van der Waals surface area contributed by atoms with Gasteiger partial charge in [0.05, 0.1) is 20.3 Å². The SMILES string of the molecule is CCOc1ccc(C(=O)CCC(=O)NCc2cc(C(=O)OC)c(C)o2)cc1. The van der Waals surface area contributed by atoms with E-state index in [4.69, 9.17) is 9.15 Å². The highest BCUT2D eigenvalue weighted by atomic mass is 16.5. The van der Waals surface area contributed by atoms with Crippen LogP contribution in [0, 0.1) is 6.92 Å². The molecule has 0 bridgehead atoms. The molecule has 27 heavy (non-hydrogen) atoms. The minimum atomic E-state index is -0.491. The molecule has 1 N–H and O–H groups in total. The summed E-state index contributed by atoms with van der Waals surface area (Å²) in [6, 6.07) is 8.37. The molecule has 2 rings (SSSR count). The Bertz CT molecular complexity index is 806. The highest BCUT2D eigenvalue weighted by Crippen LogP contribution is 2.16. The van der Waals surface area contributed by atoms with Crippen molar-refractivity contribution in [3.63, 3.8) is 0 Å². The number of nitrogens with one attached hydrogen (secondary N) is 1. The smallest absolute Gasteiger partial charge is 0.341 e. The molecule has 1 aromatic heterocycles. The van der Waals surface area contributed by atoms with Crippen LogP contribution < -0.4 is 10.1 Å². The Morgan fingerprint density at radius 1 is 1.11 bits per heavy atom. The van der Waals surface area contributed by atoms with Crippen LogP contribution in [-0.4, -0.2) is 31.4 Å². The average Bonchev–Trinajstić information content (AvgIpc) is 3.05. The Labute approximate surface area is 157 Å². The minimum absolute atomic E-state index is 0.0651. The molecular weight excluding hydrogens is 350 g/mol. The van der Waals surface area contributed by atoms with Crippen LogP contribution in [0.3, 0.4) is 0 Å². The van der Waals surface area contributed by atoms with Gasteiger partial charge < -0.3 is 19.2 Å². The van der Waals surface area contributed by atoms with Crippen molar-refractivity contribution in [3.05, 3.63) is 53.0 Å². The second-order valence-electron chi connectivity index (χ2n) is 5.83. The van der Waals surface area contributed by atoms with Gasteiger partial charge in [0.15, 0.2) is 5.78 Å². The van der Waals surface area contributed by atoms with Crippen LogP contribution in [0.2, 0.25) is 0 Å². The summed E-state index contributed by atoms with van der Waals surface area (Å²) in [5.41, 5.74) is 0.864. The summed E-state index contributed by atoms with van der Waals surface area (Å²) in [6.07, 6.45) is 0.167. The number of carbonyl (C=O) groups is 3. The molecule has 0 saturated carbocycles. The first-order chi connectivity index (χ1) is 12.9. The number of benzene rings is 1. The Morgan fingerprint density at radius 2 is 1.81 bits per heavy atom. The number of methoxy groups -OCH3 is 1. The molecule has 7 nitrogen and oxygen atoms in total. The van der Waals surface area contributed by atoms with Crippen molar-refractivity contribution in [2.24, 2.45) is 0 Å². The maximum atomic E-state index is 12.2. The number of carbonyl (C=O) groups excluding carboxylic acids is 3. The van der Waals surface area contributed by atoms with Crippen molar-refractivity contribution in [2.45, 2.75) is 33.2 Å². The van der Waals surface area contributed by atoms with Gasteiger partial charge in [0.2, 0.25) is 5.91 Å². The maximum absolute atomic E-state index is 12.2. The summed E-state index contributed by atoms with van der Waals surface area (Å²) in [5, 5.41) is 2.67. The Kier molecular flexibility index (Phi) is 7.16. The molecule has 2 aromatic rings. The molecule has 144 valence electrons. The summed E-state index contributed by atoms with van der Waals surface area (Å²) in [7, 11) is 1.29. The molecule has 1 amide bonds. The predicted molar refractivity (Wildman–Crippen MR) is 97.8 cm³/mol. The standard InChI is InChI=1S/C20H23NO6/c1-4-26-15-7-5-14(6-8-15)18(22)9-10-19(23)21-12-16-11-17(13(2)27-16)20(24)25-3/h5-8,11H,4,9-10,12H2,1-3H3,(H,21,23). The van der Waals surface area contributed by atoms with Gasteiger partial charge in [-0.05, 0) is 44.2 Å². The molecule has 7 heteroatoms. The fourth-order valence-electron chi connectivity index (χ4n) is 2.49. The van der Waals surface area contributed by atoms with Crippen LogP contribution in [0.5, 0.6) is 5.75 Å². The number of furan rings is 1. The highest BCUT2D eigenvalue weighted by Gasteiger charge is 2.16. The lowest BCUT2D eigenvalue weighted by Crippen LogP contribution is -2.23. The Hall–Kier alpha value is -3.09. The van der Waals surface area contributed by atoms with Crippen LogP contribution in [0.1, 0.15) is 52.0 Å². The number of aryl methyl sites for hydroxylation is 1. The van der Waals surface area contributed by atoms with E-state index in [1.165, 1.54) is 13.2 Å². The van der Waals surface area contributed by atoms with Gasteiger partial charge in [-0.25, -0.2) is 4.79 Å². The van der Waals surface area contributed by atoms with Gasteiger partial charge in [-0.15, -0.1) is 0 Å². The first kappa shape index (κ1) is 20.2. The monoisotopic (exact) mass is 373 g/mol. The molecule has 0 aliphatic heterocycles. The maximum Gasteiger partial charge on any atom is 0.341 e. The van der Waals surface area contributed by atoms with Crippen molar-refractivity contribution in [2.75, 3.05) is 13.7 Å². The quantitative estimate of drug-likeness (QED) is 0.536. The number of Topliss-reactive ketones (excluding diaryl/α,β-unsaturated/α-hetero) is 1. The number of hydrogen-bond acceptors (Lipinski definition) is 6. The molecule has 1 heterocycles. The average molecular weight is 373 g/mol. The molecule has 1 aromatic carbocycles. The predicted octanol–water partition coefficient (Wildman–Crippen LogP) is 3.05. The van der Waals surface area contributed by atoms with Crippen molar-refractivity contribution in [1.82, 2.24) is 5.32 Å².